The molecule has 2 heterocycles. The van der Waals surface area contributed by atoms with Crippen molar-refractivity contribution in [3.63, 3.8) is 0 Å². The number of nitriles is 1. The fourth-order valence-electron chi connectivity index (χ4n) is 3.29. The van der Waals surface area contributed by atoms with E-state index in [1.165, 1.54) is 14.2 Å². The van der Waals surface area contributed by atoms with Gasteiger partial charge in [-0.05, 0) is 6.07 Å². The number of carbonyl (C=O) groups is 1. The van der Waals surface area contributed by atoms with Crippen molar-refractivity contribution >= 4 is 11.7 Å². The van der Waals surface area contributed by atoms with E-state index in [2.05, 4.69) is 21.2 Å². The summed E-state index contributed by atoms with van der Waals surface area (Å²) in [6.07, 6.45) is 0. The fourth-order valence-corrected chi connectivity index (χ4v) is 3.29. The highest BCUT2D eigenvalue weighted by atomic mass is 16.5. The standard InChI is InChI=1S/C17H22N4O3/c1-23-15-8-13(7-12(9-18)16(15)17(22)24-2)21-10-14(11-21)20-5-3-19-4-6-20/h7-8,14,19H,3-6,10-11H2,1-2H3. The molecule has 1 N–H and O–H groups in total. The number of rotatable bonds is 4. The molecule has 0 aromatic heterocycles. The number of ether oxygens (including phenoxy) is 2. The highest BCUT2D eigenvalue weighted by molar-refractivity contribution is 5.96. The summed E-state index contributed by atoms with van der Waals surface area (Å²) in [4.78, 5) is 16.6. The first-order chi connectivity index (χ1) is 11.7. The molecule has 0 radical (unpaired) electrons. The maximum atomic E-state index is 11.9. The van der Waals surface area contributed by atoms with Gasteiger partial charge < -0.3 is 19.7 Å². The number of anilines is 1. The monoisotopic (exact) mass is 330 g/mol. The second-order valence-electron chi connectivity index (χ2n) is 6.02. The van der Waals surface area contributed by atoms with Crippen LogP contribution in [0, 0.1) is 11.3 Å². The van der Waals surface area contributed by atoms with Crippen molar-refractivity contribution in [3.8, 4) is 11.8 Å². The summed E-state index contributed by atoms with van der Waals surface area (Å²) in [5.74, 6) is -0.182. The van der Waals surface area contributed by atoms with Crippen LogP contribution in [-0.2, 0) is 4.74 Å². The van der Waals surface area contributed by atoms with Gasteiger partial charge in [0.15, 0.2) is 0 Å². The van der Waals surface area contributed by atoms with Crippen LogP contribution in [0.5, 0.6) is 5.75 Å². The van der Waals surface area contributed by atoms with Crippen molar-refractivity contribution in [3.05, 3.63) is 23.3 Å². The summed E-state index contributed by atoms with van der Waals surface area (Å²) in [6, 6.07) is 6.17. The molecule has 24 heavy (non-hydrogen) atoms. The quantitative estimate of drug-likeness (QED) is 0.803. The van der Waals surface area contributed by atoms with Crippen LogP contribution < -0.4 is 15.0 Å². The SMILES string of the molecule is COC(=O)c1c(C#N)cc(N2CC(N3CCNCC3)C2)cc1OC. The maximum absolute atomic E-state index is 11.9. The number of nitrogens with one attached hydrogen (secondary N) is 1. The predicted octanol–water partition coefficient (Wildman–Crippen LogP) is 0.447. The molecule has 0 atom stereocenters. The van der Waals surface area contributed by atoms with Gasteiger partial charge in [-0.2, -0.15) is 5.26 Å². The highest BCUT2D eigenvalue weighted by Crippen LogP contribution is 2.32. The molecule has 0 spiro atoms. The molecule has 2 aliphatic rings. The average Bonchev–Trinajstić information content (AvgIpc) is 2.59. The molecule has 2 saturated heterocycles. The first-order valence-corrected chi connectivity index (χ1v) is 8.08. The normalized spacial score (nSPS) is 18.6. The number of nitrogens with zero attached hydrogens (tertiary/aromatic N) is 3. The number of benzene rings is 1. The summed E-state index contributed by atoms with van der Waals surface area (Å²) in [6.45, 7) is 6.07. The van der Waals surface area contributed by atoms with Crippen molar-refractivity contribution in [2.24, 2.45) is 0 Å². The van der Waals surface area contributed by atoms with E-state index < -0.39 is 5.97 Å². The largest absolute Gasteiger partial charge is 0.496 e. The zero-order chi connectivity index (χ0) is 17.1. The third kappa shape index (κ3) is 3.03. The number of carbonyl (C=O) groups excluding carboxylic acids is 1. The minimum atomic E-state index is -0.558. The lowest BCUT2D eigenvalue weighted by molar-refractivity contribution is 0.0596. The molecule has 1 aromatic carbocycles. The van der Waals surface area contributed by atoms with Gasteiger partial charge in [0, 0.05) is 57.1 Å². The molecule has 0 amide bonds. The van der Waals surface area contributed by atoms with Gasteiger partial charge in [0.25, 0.3) is 0 Å². The molecule has 2 fully saturated rings. The molecular weight excluding hydrogens is 308 g/mol. The Balaban J connectivity index is 1.78. The molecular formula is C17H22N4O3. The fraction of sp³-hybridized carbons (Fsp3) is 0.529. The van der Waals surface area contributed by atoms with Gasteiger partial charge in [-0.1, -0.05) is 0 Å². The molecule has 0 saturated carbocycles. The van der Waals surface area contributed by atoms with Crippen molar-refractivity contribution in [2.75, 3.05) is 58.4 Å². The Bertz CT molecular complexity index is 659. The number of methoxy groups -OCH3 is 2. The van der Waals surface area contributed by atoms with E-state index in [0.29, 0.717) is 11.8 Å². The van der Waals surface area contributed by atoms with Crippen molar-refractivity contribution in [2.45, 2.75) is 6.04 Å². The average molecular weight is 330 g/mol. The second-order valence-corrected chi connectivity index (χ2v) is 6.02. The lowest BCUT2D eigenvalue weighted by Gasteiger charge is -2.48. The summed E-state index contributed by atoms with van der Waals surface area (Å²) < 4.78 is 10.1. The van der Waals surface area contributed by atoms with E-state index in [9.17, 15) is 10.1 Å². The molecule has 3 rings (SSSR count). The van der Waals surface area contributed by atoms with Gasteiger partial charge >= 0.3 is 5.97 Å². The van der Waals surface area contributed by atoms with Crippen LogP contribution in [-0.4, -0.2) is 70.4 Å². The topological polar surface area (TPSA) is 77.8 Å². The highest BCUT2D eigenvalue weighted by Gasteiger charge is 2.33. The summed E-state index contributed by atoms with van der Waals surface area (Å²) >= 11 is 0. The molecule has 128 valence electrons. The molecule has 7 nitrogen and oxygen atoms in total. The van der Waals surface area contributed by atoms with Gasteiger partial charge in [0.1, 0.15) is 17.4 Å². The number of esters is 1. The van der Waals surface area contributed by atoms with Crippen LogP contribution in [0.25, 0.3) is 0 Å². The van der Waals surface area contributed by atoms with E-state index in [4.69, 9.17) is 9.47 Å². The maximum Gasteiger partial charge on any atom is 0.343 e. The van der Waals surface area contributed by atoms with Gasteiger partial charge in [0.2, 0.25) is 0 Å². The van der Waals surface area contributed by atoms with E-state index in [1.54, 1.807) is 12.1 Å². The minimum absolute atomic E-state index is 0.186. The van der Waals surface area contributed by atoms with Crippen molar-refractivity contribution < 1.29 is 14.3 Å². The zero-order valence-corrected chi connectivity index (χ0v) is 14.0. The number of piperazine rings is 1. The molecule has 7 heteroatoms. The Labute approximate surface area is 141 Å². The van der Waals surface area contributed by atoms with Crippen LogP contribution in [0.2, 0.25) is 0 Å². The minimum Gasteiger partial charge on any atom is -0.496 e. The summed E-state index contributed by atoms with van der Waals surface area (Å²) in [5.41, 5.74) is 1.37. The zero-order valence-electron chi connectivity index (χ0n) is 14.0. The lowest BCUT2D eigenvalue weighted by Crippen LogP contribution is -2.62. The predicted molar refractivity (Wildman–Crippen MR) is 89.5 cm³/mol. The van der Waals surface area contributed by atoms with Gasteiger partial charge in [0.05, 0.1) is 19.8 Å². The molecule has 0 bridgehead atoms. The third-order valence-corrected chi connectivity index (χ3v) is 4.71. The molecule has 0 aliphatic carbocycles. The van der Waals surface area contributed by atoms with E-state index >= 15 is 0 Å². The smallest absolute Gasteiger partial charge is 0.343 e. The second kappa shape index (κ2) is 7.07. The van der Waals surface area contributed by atoms with E-state index in [0.717, 1.165) is 45.0 Å². The van der Waals surface area contributed by atoms with Crippen molar-refractivity contribution in [1.29, 1.82) is 5.26 Å². The molecule has 1 aromatic rings. The third-order valence-electron chi connectivity index (χ3n) is 4.71. The Kier molecular flexibility index (Phi) is 4.88. The summed E-state index contributed by atoms with van der Waals surface area (Å²) in [5, 5.41) is 12.8. The van der Waals surface area contributed by atoms with Crippen LogP contribution >= 0.6 is 0 Å². The van der Waals surface area contributed by atoms with E-state index in [1.807, 2.05) is 0 Å². The number of hydrogen-bond acceptors (Lipinski definition) is 7. The molecule has 0 unspecified atom stereocenters. The lowest BCUT2D eigenvalue weighted by atomic mass is 10.0. The first-order valence-electron chi connectivity index (χ1n) is 8.08. The summed E-state index contributed by atoms with van der Waals surface area (Å²) in [7, 11) is 2.79. The van der Waals surface area contributed by atoms with Gasteiger partial charge in [-0.3, -0.25) is 4.90 Å². The Morgan fingerprint density at radius 2 is 2.00 bits per heavy atom. The Hall–Kier alpha value is -2.30. The molecule has 2 aliphatic heterocycles. The number of hydrogen-bond donors (Lipinski definition) is 1. The van der Waals surface area contributed by atoms with Crippen LogP contribution in [0.15, 0.2) is 12.1 Å². The van der Waals surface area contributed by atoms with Crippen LogP contribution in [0.1, 0.15) is 15.9 Å². The Morgan fingerprint density at radius 1 is 1.29 bits per heavy atom. The van der Waals surface area contributed by atoms with Gasteiger partial charge in [-0.15, -0.1) is 0 Å². The Morgan fingerprint density at radius 3 is 2.58 bits per heavy atom. The van der Waals surface area contributed by atoms with Gasteiger partial charge in [-0.25, -0.2) is 4.79 Å². The van der Waals surface area contributed by atoms with Crippen molar-refractivity contribution in [1.82, 2.24) is 10.2 Å². The van der Waals surface area contributed by atoms with E-state index in [-0.39, 0.29) is 11.1 Å². The van der Waals surface area contributed by atoms with Crippen LogP contribution in [0.3, 0.4) is 0 Å². The first kappa shape index (κ1) is 16.6. The van der Waals surface area contributed by atoms with Crippen LogP contribution in [0.4, 0.5) is 5.69 Å².